The maximum absolute atomic E-state index is 13.2. The highest BCUT2D eigenvalue weighted by Gasteiger charge is 2.45. The number of carbonyl (C=O) groups excluding carboxylic acids is 2. The van der Waals surface area contributed by atoms with E-state index in [1.165, 1.54) is 17.0 Å². The van der Waals surface area contributed by atoms with Crippen LogP contribution in [-0.4, -0.2) is 40.0 Å². The smallest absolute Gasteiger partial charge is 0.295 e. The van der Waals surface area contributed by atoms with Crippen LogP contribution in [0.2, 0.25) is 5.02 Å². The minimum absolute atomic E-state index is 0.00411. The van der Waals surface area contributed by atoms with E-state index in [1.807, 2.05) is 19.1 Å². The summed E-state index contributed by atoms with van der Waals surface area (Å²) in [6, 6.07) is 19.6. The van der Waals surface area contributed by atoms with Crippen LogP contribution in [0.5, 0.6) is 11.5 Å². The molecule has 1 heterocycles. The second-order valence-corrected chi connectivity index (χ2v) is 8.77. The van der Waals surface area contributed by atoms with E-state index in [9.17, 15) is 19.8 Å². The van der Waals surface area contributed by atoms with Crippen LogP contribution in [0.4, 0.5) is 0 Å². The summed E-state index contributed by atoms with van der Waals surface area (Å²) in [4.78, 5) is 27.8. The van der Waals surface area contributed by atoms with Gasteiger partial charge in [-0.25, -0.2) is 0 Å². The van der Waals surface area contributed by atoms with Crippen LogP contribution in [0.15, 0.2) is 78.4 Å². The molecule has 3 aromatic carbocycles. The minimum atomic E-state index is -0.803. The van der Waals surface area contributed by atoms with Crippen molar-refractivity contribution in [1.29, 1.82) is 0 Å². The highest BCUT2D eigenvalue weighted by Crippen LogP contribution is 2.40. The van der Waals surface area contributed by atoms with Crippen LogP contribution in [-0.2, 0) is 16.0 Å². The number of phenolic OH excluding ortho intramolecular Hbond substituents is 1. The van der Waals surface area contributed by atoms with Crippen LogP contribution in [0.3, 0.4) is 0 Å². The lowest BCUT2D eigenvalue weighted by Gasteiger charge is -2.25. The Morgan fingerprint density at radius 1 is 1.03 bits per heavy atom. The quantitative estimate of drug-likeness (QED) is 0.247. The van der Waals surface area contributed by atoms with Crippen molar-refractivity contribution in [3.8, 4) is 11.5 Å². The van der Waals surface area contributed by atoms with Crippen LogP contribution in [0, 0.1) is 0 Å². The van der Waals surface area contributed by atoms with Gasteiger partial charge in [0.25, 0.3) is 11.7 Å². The lowest BCUT2D eigenvalue weighted by molar-refractivity contribution is -0.139. The zero-order valence-corrected chi connectivity index (χ0v) is 20.0. The second kappa shape index (κ2) is 10.7. The molecular weight excluding hydrogens is 466 g/mol. The number of carbonyl (C=O) groups is 2. The molecule has 1 saturated heterocycles. The molecule has 0 bridgehead atoms. The number of Topliss-reactive ketones (excluding diaryl/α,β-unsaturated/α-hetero) is 1. The Morgan fingerprint density at radius 2 is 1.74 bits per heavy atom. The number of aliphatic hydroxyl groups excluding tert-OH is 1. The predicted octanol–water partition coefficient (Wildman–Crippen LogP) is 5.50. The summed E-state index contributed by atoms with van der Waals surface area (Å²) in [5.41, 5.74) is 1.96. The summed E-state index contributed by atoms with van der Waals surface area (Å²) in [5.74, 6) is -1.08. The predicted molar refractivity (Wildman–Crippen MR) is 135 cm³/mol. The van der Waals surface area contributed by atoms with Crippen LogP contribution < -0.4 is 4.74 Å². The Hall–Kier alpha value is -3.77. The Labute approximate surface area is 209 Å². The molecule has 0 spiro atoms. The molecule has 180 valence electrons. The van der Waals surface area contributed by atoms with Crippen LogP contribution >= 0.6 is 11.6 Å². The third kappa shape index (κ3) is 5.33. The number of halogens is 1. The van der Waals surface area contributed by atoms with E-state index in [4.69, 9.17) is 16.3 Å². The highest BCUT2D eigenvalue weighted by molar-refractivity contribution is 6.46. The van der Waals surface area contributed by atoms with Gasteiger partial charge in [-0.15, -0.1) is 0 Å². The largest absolute Gasteiger partial charge is 0.508 e. The molecule has 1 amide bonds. The molecule has 0 saturated carbocycles. The Bertz CT molecular complexity index is 1250. The number of hydrogen-bond acceptors (Lipinski definition) is 5. The molecule has 6 nitrogen and oxygen atoms in total. The first kappa shape index (κ1) is 24.4. The zero-order chi connectivity index (χ0) is 24.9. The molecule has 0 aromatic heterocycles. The van der Waals surface area contributed by atoms with Crippen molar-refractivity contribution in [2.45, 2.75) is 25.8 Å². The average molecular weight is 492 g/mol. The third-order valence-corrected chi connectivity index (χ3v) is 6.14. The summed E-state index contributed by atoms with van der Waals surface area (Å²) in [6.07, 6.45) is 1.33. The maximum Gasteiger partial charge on any atom is 0.295 e. The molecule has 1 unspecified atom stereocenters. The SMILES string of the molecule is CCCOc1cccc(/C(O)=C2/C(=O)C(=O)N(CCc3ccc(Cl)cc3)C2c2ccc(O)cc2)c1. The fourth-order valence-corrected chi connectivity index (χ4v) is 4.25. The molecule has 35 heavy (non-hydrogen) atoms. The summed E-state index contributed by atoms with van der Waals surface area (Å²) in [7, 11) is 0. The first-order chi connectivity index (χ1) is 16.9. The molecule has 3 aromatic rings. The number of rotatable bonds is 8. The van der Waals surface area contributed by atoms with Gasteiger partial charge in [-0.05, 0) is 60.4 Å². The molecule has 1 fully saturated rings. The van der Waals surface area contributed by atoms with Gasteiger partial charge < -0.3 is 19.8 Å². The number of amides is 1. The molecule has 1 aliphatic rings. The van der Waals surface area contributed by atoms with Crippen molar-refractivity contribution in [2.24, 2.45) is 0 Å². The van der Waals surface area contributed by atoms with Crippen molar-refractivity contribution in [3.63, 3.8) is 0 Å². The molecule has 0 radical (unpaired) electrons. The number of aliphatic hydroxyl groups is 1. The summed E-state index contributed by atoms with van der Waals surface area (Å²) < 4.78 is 5.67. The van der Waals surface area contributed by atoms with Crippen molar-refractivity contribution < 1.29 is 24.5 Å². The van der Waals surface area contributed by atoms with Gasteiger partial charge in [0, 0.05) is 17.1 Å². The van der Waals surface area contributed by atoms with E-state index in [-0.39, 0.29) is 23.6 Å². The van der Waals surface area contributed by atoms with E-state index in [1.54, 1.807) is 48.5 Å². The molecule has 2 N–H and O–H groups in total. The fraction of sp³-hybridized carbons (Fsp3) is 0.214. The molecule has 1 atom stereocenters. The van der Waals surface area contributed by atoms with Gasteiger partial charge in [0.1, 0.15) is 17.3 Å². The summed E-state index contributed by atoms with van der Waals surface area (Å²) >= 11 is 5.98. The first-order valence-electron chi connectivity index (χ1n) is 11.4. The molecule has 4 rings (SSSR count). The summed E-state index contributed by atoms with van der Waals surface area (Å²) in [6.45, 7) is 2.77. The first-order valence-corrected chi connectivity index (χ1v) is 11.8. The normalized spacial score (nSPS) is 17.1. The van der Waals surface area contributed by atoms with Gasteiger partial charge in [0.05, 0.1) is 18.2 Å². The van der Waals surface area contributed by atoms with Crippen LogP contribution in [0.25, 0.3) is 5.76 Å². The zero-order valence-electron chi connectivity index (χ0n) is 19.3. The molecule has 7 heteroatoms. The van der Waals surface area contributed by atoms with Crippen LogP contribution in [0.1, 0.15) is 36.1 Å². The number of benzene rings is 3. The lowest BCUT2D eigenvalue weighted by Crippen LogP contribution is -2.31. The van der Waals surface area contributed by atoms with Gasteiger partial charge in [-0.1, -0.05) is 54.9 Å². The summed E-state index contributed by atoms with van der Waals surface area (Å²) in [5, 5.41) is 21.6. The third-order valence-electron chi connectivity index (χ3n) is 5.88. The van der Waals surface area contributed by atoms with Crippen molar-refractivity contribution in [3.05, 3.63) is 100 Å². The van der Waals surface area contributed by atoms with Gasteiger partial charge in [-0.3, -0.25) is 9.59 Å². The van der Waals surface area contributed by atoms with Gasteiger partial charge >= 0.3 is 0 Å². The second-order valence-electron chi connectivity index (χ2n) is 8.34. The van der Waals surface area contributed by atoms with Crippen molar-refractivity contribution in [1.82, 2.24) is 4.90 Å². The number of ketones is 1. The molecule has 1 aliphatic heterocycles. The number of nitrogens with zero attached hydrogens (tertiary/aromatic N) is 1. The number of phenols is 1. The van der Waals surface area contributed by atoms with E-state index < -0.39 is 17.7 Å². The Kier molecular flexibility index (Phi) is 7.42. The van der Waals surface area contributed by atoms with E-state index >= 15 is 0 Å². The molecular formula is C28H26ClNO5. The Balaban J connectivity index is 1.74. The maximum atomic E-state index is 13.2. The standard InChI is InChI=1S/C28H26ClNO5/c1-2-16-35-23-5-3-4-20(17-23)26(32)24-25(19-8-12-22(31)13-9-19)30(28(34)27(24)33)15-14-18-6-10-21(29)11-7-18/h3-13,17,25,31-32H,2,14-16H2,1H3/b26-24-. The fourth-order valence-electron chi connectivity index (χ4n) is 4.12. The lowest BCUT2D eigenvalue weighted by atomic mass is 9.95. The number of ether oxygens (including phenoxy) is 1. The number of hydrogen-bond donors (Lipinski definition) is 2. The van der Waals surface area contributed by atoms with Crippen molar-refractivity contribution in [2.75, 3.05) is 13.2 Å². The van der Waals surface area contributed by atoms with Crippen molar-refractivity contribution >= 4 is 29.1 Å². The van der Waals surface area contributed by atoms with E-state index in [0.29, 0.717) is 34.9 Å². The molecule has 0 aliphatic carbocycles. The van der Waals surface area contributed by atoms with Gasteiger partial charge in [-0.2, -0.15) is 0 Å². The Morgan fingerprint density at radius 3 is 2.43 bits per heavy atom. The topological polar surface area (TPSA) is 87.1 Å². The van der Waals surface area contributed by atoms with E-state index in [0.717, 1.165) is 12.0 Å². The van der Waals surface area contributed by atoms with E-state index in [2.05, 4.69) is 0 Å². The van der Waals surface area contributed by atoms with Gasteiger partial charge in [0.2, 0.25) is 0 Å². The van der Waals surface area contributed by atoms with Gasteiger partial charge in [0.15, 0.2) is 0 Å². The number of aromatic hydroxyl groups is 1. The average Bonchev–Trinajstić information content (AvgIpc) is 3.12. The number of likely N-dealkylation sites (tertiary alicyclic amines) is 1. The monoisotopic (exact) mass is 491 g/mol. The minimum Gasteiger partial charge on any atom is -0.508 e. The highest BCUT2D eigenvalue weighted by atomic mass is 35.5.